The molecule has 0 atom stereocenters. The molecule has 6 nitrogen and oxygen atoms in total. The molecule has 0 radical (unpaired) electrons. The number of nitrogens with one attached hydrogen (secondary N) is 1. The summed E-state index contributed by atoms with van der Waals surface area (Å²) in [7, 11) is 1.57. The Hall–Kier alpha value is -3.03. The zero-order valence-corrected chi connectivity index (χ0v) is 16.3. The van der Waals surface area contributed by atoms with Gasteiger partial charge in [-0.3, -0.25) is 9.69 Å². The zero-order chi connectivity index (χ0) is 20.5. The van der Waals surface area contributed by atoms with Crippen LogP contribution in [0.2, 0.25) is 0 Å². The van der Waals surface area contributed by atoms with Gasteiger partial charge in [-0.15, -0.1) is 0 Å². The largest absolute Gasteiger partial charge is 0.447 e. The predicted molar refractivity (Wildman–Crippen MR) is 107 cm³/mol. The number of methoxy groups -OCH3 is 1. The molecule has 0 spiro atoms. The molecular formula is C22H24FN3O3. The summed E-state index contributed by atoms with van der Waals surface area (Å²) in [4.78, 5) is 18.4. The first-order chi connectivity index (χ1) is 14.2. The second kappa shape index (κ2) is 10.5. The van der Waals surface area contributed by atoms with Crippen LogP contribution in [0.1, 0.15) is 27.5 Å². The van der Waals surface area contributed by atoms with Crippen molar-refractivity contribution in [3.63, 3.8) is 0 Å². The third-order valence-corrected chi connectivity index (χ3v) is 4.34. The first kappa shape index (κ1) is 20.7. The molecule has 1 amide bonds. The lowest BCUT2D eigenvalue weighted by Gasteiger charge is -2.21. The van der Waals surface area contributed by atoms with Gasteiger partial charge in [-0.25, -0.2) is 9.37 Å². The van der Waals surface area contributed by atoms with Crippen LogP contribution < -0.4 is 5.32 Å². The summed E-state index contributed by atoms with van der Waals surface area (Å²) in [6, 6.07) is 16.6. The average molecular weight is 397 g/mol. The number of amides is 1. The smallest absolute Gasteiger partial charge is 0.273 e. The molecule has 152 valence electrons. The van der Waals surface area contributed by atoms with E-state index < -0.39 is 0 Å². The standard InChI is InChI=1S/C22H24FN3O3/c1-28-12-11-24-22(27)20-16-29-21(25-20)15-26(13-17-7-3-2-4-8-17)14-18-9-5-6-10-19(18)23/h2-10,16H,11-15H2,1H3,(H,24,27). The molecule has 0 fully saturated rings. The maximum Gasteiger partial charge on any atom is 0.273 e. The molecule has 3 rings (SSSR count). The van der Waals surface area contributed by atoms with E-state index in [9.17, 15) is 9.18 Å². The Labute approximate surface area is 169 Å². The monoisotopic (exact) mass is 397 g/mol. The van der Waals surface area contributed by atoms with Crippen LogP contribution >= 0.6 is 0 Å². The van der Waals surface area contributed by atoms with Crippen LogP contribution in [0.4, 0.5) is 4.39 Å². The highest BCUT2D eigenvalue weighted by molar-refractivity contribution is 5.91. The van der Waals surface area contributed by atoms with E-state index in [0.29, 0.717) is 44.2 Å². The Morgan fingerprint density at radius 3 is 2.62 bits per heavy atom. The maximum atomic E-state index is 14.2. The number of nitrogens with zero attached hydrogens (tertiary/aromatic N) is 2. The van der Waals surface area contributed by atoms with Crippen molar-refractivity contribution in [1.29, 1.82) is 0 Å². The van der Waals surface area contributed by atoms with E-state index in [4.69, 9.17) is 9.15 Å². The molecule has 2 aromatic carbocycles. The van der Waals surface area contributed by atoms with Crippen molar-refractivity contribution in [2.75, 3.05) is 20.3 Å². The molecule has 0 aliphatic carbocycles. The molecule has 0 aliphatic rings. The molecule has 1 N–H and O–H groups in total. The number of rotatable bonds is 10. The fourth-order valence-corrected chi connectivity index (χ4v) is 2.91. The van der Waals surface area contributed by atoms with E-state index in [0.717, 1.165) is 5.56 Å². The number of carbonyl (C=O) groups is 1. The fourth-order valence-electron chi connectivity index (χ4n) is 2.91. The Balaban J connectivity index is 1.71. The molecule has 0 bridgehead atoms. The van der Waals surface area contributed by atoms with E-state index in [1.807, 2.05) is 41.3 Å². The number of hydrogen-bond acceptors (Lipinski definition) is 5. The third kappa shape index (κ3) is 6.23. The summed E-state index contributed by atoms with van der Waals surface area (Å²) < 4.78 is 24.6. The lowest BCUT2D eigenvalue weighted by Crippen LogP contribution is -2.27. The number of halogens is 1. The van der Waals surface area contributed by atoms with Gasteiger partial charge in [0.1, 0.15) is 12.1 Å². The minimum atomic E-state index is -0.319. The normalized spacial score (nSPS) is 11.0. The van der Waals surface area contributed by atoms with Crippen molar-refractivity contribution >= 4 is 5.91 Å². The zero-order valence-electron chi connectivity index (χ0n) is 16.3. The molecule has 0 unspecified atom stereocenters. The number of oxazole rings is 1. The molecule has 7 heteroatoms. The molecule has 0 aliphatic heterocycles. The van der Waals surface area contributed by atoms with Gasteiger partial charge in [-0.05, 0) is 11.6 Å². The van der Waals surface area contributed by atoms with Crippen LogP contribution in [0.5, 0.6) is 0 Å². The molecular weight excluding hydrogens is 373 g/mol. The van der Waals surface area contributed by atoms with Crippen molar-refractivity contribution in [2.45, 2.75) is 19.6 Å². The predicted octanol–water partition coefficient (Wildman–Crippen LogP) is 3.39. The van der Waals surface area contributed by atoms with E-state index in [2.05, 4.69) is 10.3 Å². The Morgan fingerprint density at radius 2 is 1.86 bits per heavy atom. The molecule has 3 aromatic rings. The van der Waals surface area contributed by atoms with Gasteiger partial charge in [0.25, 0.3) is 5.91 Å². The fraction of sp³-hybridized carbons (Fsp3) is 0.273. The Kier molecular flexibility index (Phi) is 7.49. The number of hydrogen-bond donors (Lipinski definition) is 1. The lowest BCUT2D eigenvalue weighted by molar-refractivity contribution is 0.0932. The first-order valence-corrected chi connectivity index (χ1v) is 9.37. The van der Waals surface area contributed by atoms with Gasteiger partial charge < -0.3 is 14.5 Å². The Bertz CT molecular complexity index is 914. The third-order valence-electron chi connectivity index (χ3n) is 4.34. The van der Waals surface area contributed by atoms with E-state index in [1.165, 1.54) is 12.3 Å². The summed E-state index contributed by atoms with van der Waals surface area (Å²) in [5.41, 5.74) is 1.89. The SMILES string of the molecule is COCCNC(=O)c1coc(CN(Cc2ccccc2)Cc2ccccc2F)n1. The van der Waals surface area contributed by atoms with Gasteiger partial charge in [0.15, 0.2) is 5.69 Å². The van der Waals surface area contributed by atoms with Crippen molar-refractivity contribution < 1.29 is 18.3 Å². The van der Waals surface area contributed by atoms with Crippen molar-refractivity contribution in [1.82, 2.24) is 15.2 Å². The lowest BCUT2D eigenvalue weighted by atomic mass is 10.1. The van der Waals surface area contributed by atoms with E-state index in [-0.39, 0.29) is 17.4 Å². The van der Waals surface area contributed by atoms with Gasteiger partial charge in [-0.1, -0.05) is 48.5 Å². The van der Waals surface area contributed by atoms with Crippen LogP contribution in [0, 0.1) is 5.82 Å². The number of benzene rings is 2. The topological polar surface area (TPSA) is 67.6 Å². The van der Waals surface area contributed by atoms with Gasteiger partial charge >= 0.3 is 0 Å². The number of aromatic nitrogens is 1. The van der Waals surface area contributed by atoms with Crippen LogP contribution in [0.3, 0.4) is 0 Å². The van der Waals surface area contributed by atoms with E-state index in [1.54, 1.807) is 19.2 Å². The number of carbonyl (C=O) groups excluding carboxylic acids is 1. The molecule has 1 aromatic heterocycles. The summed E-state index contributed by atoms with van der Waals surface area (Å²) >= 11 is 0. The first-order valence-electron chi connectivity index (χ1n) is 9.37. The second-order valence-corrected chi connectivity index (χ2v) is 6.60. The van der Waals surface area contributed by atoms with Crippen LogP contribution in [0.15, 0.2) is 65.3 Å². The average Bonchev–Trinajstić information content (AvgIpc) is 3.19. The van der Waals surface area contributed by atoms with Crippen LogP contribution in [0.25, 0.3) is 0 Å². The number of ether oxygens (including phenoxy) is 1. The minimum absolute atomic E-state index is 0.210. The minimum Gasteiger partial charge on any atom is -0.447 e. The summed E-state index contributed by atoms with van der Waals surface area (Å²) in [5.74, 6) is -0.175. The molecule has 29 heavy (non-hydrogen) atoms. The maximum absolute atomic E-state index is 14.2. The highest BCUT2D eigenvalue weighted by Gasteiger charge is 2.16. The second-order valence-electron chi connectivity index (χ2n) is 6.60. The van der Waals surface area contributed by atoms with Gasteiger partial charge in [0, 0.05) is 32.3 Å². The van der Waals surface area contributed by atoms with Crippen LogP contribution in [-0.4, -0.2) is 36.1 Å². The highest BCUT2D eigenvalue weighted by atomic mass is 19.1. The summed E-state index contributed by atoms with van der Waals surface area (Å²) in [6.45, 7) is 2.13. The van der Waals surface area contributed by atoms with Gasteiger partial charge in [0.2, 0.25) is 5.89 Å². The van der Waals surface area contributed by atoms with Crippen molar-refractivity contribution in [2.24, 2.45) is 0 Å². The van der Waals surface area contributed by atoms with Crippen molar-refractivity contribution in [3.8, 4) is 0 Å². The van der Waals surface area contributed by atoms with Gasteiger partial charge in [0.05, 0.1) is 13.2 Å². The molecule has 0 saturated carbocycles. The summed E-state index contributed by atoms with van der Waals surface area (Å²) in [5, 5.41) is 2.70. The Morgan fingerprint density at radius 1 is 1.10 bits per heavy atom. The quantitative estimate of drug-likeness (QED) is 0.531. The van der Waals surface area contributed by atoms with Gasteiger partial charge in [-0.2, -0.15) is 0 Å². The molecule has 0 saturated heterocycles. The van der Waals surface area contributed by atoms with E-state index >= 15 is 0 Å². The van der Waals surface area contributed by atoms with Crippen molar-refractivity contribution in [3.05, 3.63) is 89.4 Å². The highest BCUT2D eigenvalue weighted by Crippen LogP contribution is 2.16. The van der Waals surface area contributed by atoms with Crippen LogP contribution in [-0.2, 0) is 24.4 Å². The summed E-state index contributed by atoms with van der Waals surface area (Å²) in [6.07, 6.45) is 1.33. The molecule has 1 heterocycles.